The minimum atomic E-state index is -0.903. The molecular weight excluding hydrogens is 324 g/mol. The third kappa shape index (κ3) is 5.00. The molecule has 0 aliphatic heterocycles. The fourth-order valence-electron chi connectivity index (χ4n) is 2.16. The molecule has 9 nitrogen and oxygen atoms in total. The Morgan fingerprint density at radius 2 is 1.96 bits per heavy atom. The van der Waals surface area contributed by atoms with Gasteiger partial charge in [0.15, 0.2) is 6.10 Å². The molecule has 134 valence electrons. The van der Waals surface area contributed by atoms with Crippen molar-refractivity contribution in [1.82, 2.24) is 19.7 Å². The van der Waals surface area contributed by atoms with Crippen molar-refractivity contribution < 1.29 is 14.3 Å². The number of rotatable bonds is 7. The maximum atomic E-state index is 12.2. The third-order valence-corrected chi connectivity index (χ3v) is 3.61. The van der Waals surface area contributed by atoms with E-state index in [2.05, 4.69) is 25.7 Å². The second-order valence-corrected chi connectivity index (χ2v) is 5.54. The van der Waals surface area contributed by atoms with E-state index in [1.54, 1.807) is 37.1 Å². The zero-order chi connectivity index (χ0) is 18.4. The molecule has 0 aliphatic rings. The van der Waals surface area contributed by atoms with Gasteiger partial charge in [-0.2, -0.15) is 5.10 Å². The molecule has 25 heavy (non-hydrogen) atoms. The first-order valence-electron chi connectivity index (χ1n) is 7.90. The lowest BCUT2D eigenvalue weighted by atomic mass is 10.3. The summed E-state index contributed by atoms with van der Waals surface area (Å²) in [5.41, 5.74) is 2.17. The maximum absolute atomic E-state index is 12.2. The smallest absolute Gasteiger partial charge is 0.308 e. The Labute approximate surface area is 145 Å². The summed E-state index contributed by atoms with van der Waals surface area (Å²) in [5, 5.41) is 9.88. The molecule has 0 radical (unpaired) electrons. The van der Waals surface area contributed by atoms with E-state index in [4.69, 9.17) is 4.74 Å². The number of hydrogen-bond donors (Lipinski definition) is 2. The summed E-state index contributed by atoms with van der Waals surface area (Å²) in [6.07, 6.45) is 2.39. The first-order chi connectivity index (χ1) is 11.9. The Bertz CT molecular complexity index is 744. The average molecular weight is 346 g/mol. The standard InChI is InChI=1S/C16H22N6O3/c1-10-14(11(2)22(4)21-10)20-15(24)12(3)25-13(23)6-9-19-16-17-7-5-8-18-16/h5,7-8,12H,6,9H2,1-4H3,(H,20,24)(H,17,18,19). The van der Waals surface area contributed by atoms with Crippen LogP contribution in [0.15, 0.2) is 18.5 Å². The Kier molecular flexibility index (Phi) is 6.04. The molecule has 0 aromatic carbocycles. The SMILES string of the molecule is Cc1nn(C)c(C)c1NC(=O)C(C)OC(=O)CCNc1ncccn1. The van der Waals surface area contributed by atoms with Gasteiger partial charge in [0.1, 0.15) is 0 Å². The van der Waals surface area contributed by atoms with Gasteiger partial charge < -0.3 is 15.4 Å². The number of nitrogens with one attached hydrogen (secondary N) is 2. The van der Waals surface area contributed by atoms with Gasteiger partial charge in [-0.05, 0) is 26.8 Å². The highest BCUT2D eigenvalue weighted by Gasteiger charge is 2.20. The van der Waals surface area contributed by atoms with Crippen LogP contribution in [-0.4, -0.2) is 44.3 Å². The maximum Gasteiger partial charge on any atom is 0.308 e. The van der Waals surface area contributed by atoms with E-state index in [9.17, 15) is 9.59 Å². The van der Waals surface area contributed by atoms with Crippen molar-refractivity contribution in [2.75, 3.05) is 17.2 Å². The Morgan fingerprint density at radius 1 is 1.28 bits per heavy atom. The van der Waals surface area contributed by atoms with Crippen LogP contribution in [0, 0.1) is 13.8 Å². The zero-order valence-electron chi connectivity index (χ0n) is 14.7. The molecule has 1 amide bonds. The molecule has 2 rings (SSSR count). The fourth-order valence-corrected chi connectivity index (χ4v) is 2.16. The average Bonchev–Trinajstić information content (AvgIpc) is 2.82. The molecule has 2 N–H and O–H groups in total. The number of aromatic nitrogens is 4. The van der Waals surface area contributed by atoms with Gasteiger partial charge in [-0.25, -0.2) is 9.97 Å². The van der Waals surface area contributed by atoms with E-state index in [-0.39, 0.29) is 6.42 Å². The molecule has 0 saturated carbocycles. The molecule has 9 heteroatoms. The predicted molar refractivity (Wildman–Crippen MR) is 92.0 cm³/mol. The van der Waals surface area contributed by atoms with Crippen LogP contribution in [0.5, 0.6) is 0 Å². The molecule has 2 heterocycles. The van der Waals surface area contributed by atoms with E-state index in [0.29, 0.717) is 23.9 Å². The van der Waals surface area contributed by atoms with E-state index >= 15 is 0 Å². The van der Waals surface area contributed by atoms with Gasteiger partial charge in [-0.1, -0.05) is 0 Å². The van der Waals surface area contributed by atoms with Crippen molar-refractivity contribution in [2.24, 2.45) is 7.05 Å². The van der Waals surface area contributed by atoms with Crippen molar-refractivity contribution >= 4 is 23.5 Å². The largest absolute Gasteiger partial charge is 0.452 e. The van der Waals surface area contributed by atoms with Crippen molar-refractivity contribution in [3.8, 4) is 0 Å². The Morgan fingerprint density at radius 3 is 2.56 bits per heavy atom. The Hall–Kier alpha value is -2.97. The van der Waals surface area contributed by atoms with Crippen LogP contribution < -0.4 is 10.6 Å². The van der Waals surface area contributed by atoms with Crippen LogP contribution in [-0.2, 0) is 21.4 Å². The van der Waals surface area contributed by atoms with Gasteiger partial charge in [0.25, 0.3) is 5.91 Å². The summed E-state index contributed by atoms with van der Waals surface area (Å²) in [6.45, 7) is 5.50. The monoisotopic (exact) mass is 346 g/mol. The van der Waals surface area contributed by atoms with Crippen LogP contribution in [0.4, 0.5) is 11.6 Å². The first kappa shape index (κ1) is 18.4. The molecule has 2 aromatic heterocycles. The van der Waals surface area contributed by atoms with Gasteiger partial charge >= 0.3 is 5.97 Å². The van der Waals surface area contributed by atoms with Crippen molar-refractivity contribution in [2.45, 2.75) is 33.3 Å². The number of ether oxygens (including phenoxy) is 1. The lowest BCUT2D eigenvalue weighted by Crippen LogP contribution is -2.30. The van der Waals surface area contributed by atoms with E-state index < -0.39 is 18.0 Å². The van der Waals surface area contributed by atoms with Crippen LogP contribution in [0.2, 0.25) is 0 Å². The zero-order valence-corrected chi connectivity index (χ0v) is 14.7. The fraction of sp³-hybridized carbons (Fsp3) is 0.438. The van der Waals surface area contributed by atoms with Gasteiger partial charge in [-0.15, -0.1) is 0 Å². The van der Waals surface area contributed by atoms with Crippen molar-refractivity contribution in [3.63, 3.8) is 0 Å². The van der Waals surface area contributed by atoms with Crippen LogP contribution in [0.25, 0.3) is 0 Å². The second kappa shape index (κ2) is 8.22. The minimum absolute atomic E-state index is 0.0980. The topological polar surface area (TPSA) is 111 Å². The normalized spacial score (nSPS) is 11.7. The number of hydrogen-bond acceptors (Lipinski definition) is 7. The molecule has 0 aliphatic carbocycles. The molecule has 0 spiro atoms. The molecule has 2 aromatic rings. The number of aryl methyl sites for hydroxylation is 2. The minimum Gasteiger partial charge on any atom is -0.452 e. The van der Waals surface area contributed by atoms with E-state index in [0.717, 1.165) is 5.69 Å². The molecule has 1 atom stereocenters. The quantitative estimate of drug-likeness (QED) is 0.725. The van der Waals surface area contributed by atoms with Gasteiger partial charge in [-0.3, -0.25) is 14.3 Å². The lowest BCUT2D eigenvalue weighted by Gasteiger charge is -2.14. The second-order valence-electron chi connectivity index (χ2n) is 5.54. The van der Waals surface area contributed by atoms with Crippen LogP contribution >= 0.6 is 0 Å². The van der Waals surface area contributed by atoms with Gasteiger partial charge in [0.05, 0.1) is 23.5 Å². The summed E-state index contributed by atoms with van der Waals surface area (Å²) in [5.74, 6) is -0.443. The van der Waals surface area contributed by atoms with E-state index in [1.807, 2.05) is 6.92 Å². The number of anilines is 2. The van der Waals surface area contributed by atoms with Crippen molar-refractivity contribution in [1.29, 1.82) is 0 Å². The van der Waals surface area contributed by atoms with Crippen LogP contribution in [0.3, 0.4) is 0 Å². The summed E-state index contributed by atoms with van der Waals surface area (Å²) < 4.78 is 6.83. The highest BCUT2D eigenvalue weighted by molar-refractivity contribution is 5.96. The number of carbonyl (C=O) groups excluding carboxylic acids is 2. The highest BCUT2D eigenvalue weighted by atomic mass is 16.5. The summed E-state index contributed by atoms with van der Waals surface area (Å²) in [7, 11) is 1.80. The molecule has 0 bridgehead atoms. The van der Waals surface area contributed by atoms with Gasteiger partial charge in [0, 0.05) is 26.0 Å². The third-order valence-electron chi connectivity index (χ3n) is 3.61. The molecule has 0 fully saturated rings. The highest BCUT2D eigenvalue weighted by Crippen LogP contribution is 2.18. The van der Waals surface area contributed by atoms with Gasteiger partial charge in [0.2, 0.25) is 5.95 Å². The summed E-state index contributed by atoms with van der Waals surface area (Å²) in [4.78, 5) is 32.0. The number of carbonyl (C=O) groups is 2. The first-order valence-corrected chi connectivity index (χ1v) is 7.90. The summed E-state index contributed by atoms with van der Waals surface area (Å²) >= 11 is 0. The van der Waals surface area contributed by atoms with Crippen LogP contribution in [0.1, 0.15) is 24.7 Å². The number of nitrogens with zero attached hydrogens (tertiary/aromatic N) is 4. The molecule has 0 saturated heterocycles. The summed E-state index contributed by atoms with van der Waals surface area (Å²) in [6, 6.07) is 1.70. The number of esters is 1. The molecular formula is C16H22N6O3. The van der Waals surface area contributed by atoms with Crippen molar-refractivity contribution in [3.05, 3.63) is 29.8 Å². The predicted octanol–water partition coefficient (Wildman–Crippen LogP) is 1.20. The van der Waals surface area contributed by atoms with E-state index in [1.165, 1.54) is 6.92 Å². The molecule has 1 unspecified atom stereocenters. The Balaban J connectivity index is 1.79. The number of amides is 1. The lowest BCUT2D eigenvalue weighted by molar-refractivity contribution is -0.152.